The van der Waals surface area contributed by atoms with Crippen molar-refractivity contribution in [3.05, 3.63) is 0 Å². The number of rotatable bonds is 6. The molecule has 1 saturated heterocycles. The lowest BCUT2D eigenvalue weighted by Crippen LogP contribution is -2.44. The molecule has 16 heavy (non-hydrogen) atoms. The van der Waals surface area contributed by atoms with E-state index >= 15 is 0 Å². The Morgan fingerprint density at radius 2 is 1.88 bits per heavy atom. The molecule has 0 aromatic heterocycles. The highest BCUT2D eigenvalue weighted by Gasteiger charge is 2.22. The molecule has 2 nitrogen and oxygen atoms in total. The second-order valence-corrected chi connectivity index (χ2v) is 5.53. The van der Waals surface area contributed by atoms with Crippen LogP contribution in [0.1, 0.15) is 46.5 Å². The van der Waals surface area contributed by atoms with Gasteiger partial charge in [-0.25, -0.2) is 0 Å². The van der Waals surface area contributed by atoms with Gasteiger partial charge >= 0.3 is 0 Å². The first-order valence-electron chi connectivity index (χ1n) is 7.09. The average molecular weight is 226 g/mol. The van der Waals surface area contributed by atoms with Crippen molar-refractivity contribution in [1.82, 2.24) is 9.80 Å². The Morgan fingerprint density at radius 3 is 2.38 bits per heavy atom. The Morgan fingerprint density at radius 1 is 1.25 bits per heavy atom. The maximum atomic E-state index is 2.66. The Hall–Kier alpha value is -0.0800. The molecular weight excluding hydrogens is 196 g/mol. The maximum Gasteiger partial charge on any atom is 0.0117 e. The fraction of sp³-hybridized carbons (Fsp3) is 1.00. The van der Waals surface area contributed by atoms with Crippen molar-refractivity contribution in [2.24, 2.45) is 5.92 Å². The summed E-state index contributed by atoms with van der Waals surface area (Å²) < 4.78 is 0. The van der Waals surface area contributed by atoms with Crippen LogP contribution in [0.2, 0.25) is 0 Å². The van der Waals surface area contributed by atoms with Gasteiger partial charge in [-0.1, -0.05) is 27.2 Å². The van der Waals surface area contributed by atoms with Crippen LogP contribution in [0.3, 0.4) is 0 Å². The highest BCUT2D eigenvalue weighted by molar-refractivity contribution is 4.78. The van der Waals surface area contributed by atoms with E-state index < -0.39 is 0 Å². The van der Waals surface area contributed by atoms with E-state index in [1.807, 2.05) is 0 Å². The second-order valence-electron chi connectivity index (χ2n) is 5.53. The van der Waals surface area contributed by atoms with Gasteiger partial charge in [0.25, 0.3) is 0 Å². The summed E-state index contributed by atoms with van der Waals surface area (Å²) in [6, 6.07) is 0.841. The van der Waals surface area contributed by atoms with E-state index in [1.165, 1.54) is 51.9 Å². The Labute approximate surface area is 102 Å². The van der Waals surface area contributed by atoms with Crippen molar-refractivity contribution >= 4 is 0 Å². The Kier molecular flexibility index (Phi) is 6.37. The standard InChI is InChI=1S/C14H30N2/c1-5-9-15(4)14-7-10-16(11-8-14)12-13(3)6-2/h13-14H,5-12H2,1-4H3. The van der Waals surface area contributed by atoms with Crippen LogP contribution >= 0.6 is 0 Å². The van der Waals surface area contributed by atoms with Crippen molar-refractivity contribution in [2.75, 3.05) is 33.2 Å². The van der Waals surface area contributed by atoms with Crippen LogP contribution in [0.25, 0.3) is 0 Å². The maximum absolute atomic E-state index is 2.66. The lowest BCUT2D eigenvalue weighted by molar-refractivity contribution is 0.117. The van der Waals surface area contributed by atoms with Crippen LogP contribution in [-0.4, -0.2) is 49.1 Å². The van der Waals surface area contributed by atoms with Crippen molar-refractivity contribution in [1.29, 1.82) is 0 Å². The number of hydrogen-bond acceptors (Lipinski definition) is 2. The first kappa shape index (κ1) is 14.0. The molecule has 0 bridgehead atoms. The minimum atomic E-state index is 0.841. The molecule has 1 aliphatic rings. The molecule has 0 aromatic carbocycles. The minimum Gasteiger partial charge on any atom is -0.303 e. The van der Waals surface area contributed by atoms with Crippen LogP contribution in [0.5, 0.6) is 0 Å². The largest absolute Gasteiger partial charge is 0.303 e. The Bertz CT molecular complexity index is 174. The summed E-state index contributed by atoms with van der Waals surface area (Å²) >= 11 is 0. The third-order valence-corrected chi connectivity index (χ3v) is 4.02. The highest BCUT2D eigenvalue weighted by atomic mass is 15.2. The van der Waals surface area contributed by atoms with Gasteiger partial charge in [-0.05, 0) is 51.9 Å². The van der Waals surface area contributed by atoms with Gasteiger partial charge in [0.1, 0.15) is 0 Å². The summed E-state index contributed by atoms with van der Waals surface area (Å²) in [5, 5.41) is 0. The number of likely N-dealkylation sites (tertiary alicyclic amines) is 1. The summed E-state index contributed by atoms with van der Waals surface area (Å²) in [6.07, 6.45) is 5.33. The fourth-order valence-electron chi connectivity index (χ4n) is 2.65. The molecule has 1 rings (SSSR count). The lowest BCUT2D eigenvalue weighted by atomic mass is 10.0. The van der Waals surface area contributed by atoms with Gasteiger partial charge in [-0.3, -0.25) is 0 Å². The van der Waals surface area contributed by atoms with E-state index in [-0.39, 0.29) is 0 Å². The summed E-state index contributed by atoms with van der Waals surface area (Å²) in [7, 11) is 2.29. The van der Waals surface area contributed by atoms with Crippen molar-refractivity contribution in [3.63, 3.8) is 0 Å². The first-order chi connectivity index (χ1) is 7.67. The third kappa shape index (κ3) is 4.42. The van der Waals surface area contributed by atoms with E-state index in [1.54, 1.807) is 0 Å². The predicted molar refractivity (Wildman–Crippen MR) is 71.8 cm³/mol. The van der Waals surface area contributed by atoms with Gasteiger partial charge in [0.2, 0.25) is 0 Å². The summed E-state index contributed by atoms with van der Waals surface area (Å²) in [5.41, 5.74) is 0. The molecule has 2 heteroatoms. The lowest BCUT2D eigenvalue weighted by Gasteiger charge is -2.37. The predicted octanol–water partition coefficient (Wildman–Crippen LogP) is 2.84. The molecule has 0 radical (unpaired) electrons. The average Bonchev–Trinajstić information content (AvgIpc) is 2.30. The topological polar surface area (TPSA) is 6.48 Å². The molecule has 1 atom stereocenters. The zero-order chi connectivity index (χ0) is 12.0. The molecule has 0 spiro atoms. The molecular formula is C14H30N2. The monoisotopic (exact) mass is 226 g/mol. The fourth-order valence-corrected chi connectivity index (χ4v) is 2.65. The van der Waals surface area contributed by atoms with Gasteiger partial charge in [0.15, 0.2) is 0 Å². The second kappa shape index (κ2) is 7.29. The smallest absolute Gasteiger partial charge is 0.0117 e. The van der Waals surface area contributed by atoms with Gasteiger partial charge in [0, 0.05) is 12.6 Å². The van der Waals surface area contributed by atoms with E-state index in [4.69, 9.17) is 0 Å². The molecule has 0 saturated carbocycles. The highest BCUT2D eigenvalue weighted by Crippen LogP contribution is 2.17. The van der Waals surface area contributed by atoms with Gasteiger partial charge in [-0.15, -0.1) is 0 Å². The number of nitrogens with zero attached hydrogens (tertiary/aromatic N) is 2. The van der Waals surface area contributed by atoms with E-state index in [0.717, 1.165) is 12.0 Å². The normalized spacial score (nSPS) is 21.6. The third-order valence-electron chi connectivity index (χ3n) is 4.02. The molecule has 0 N–H and O–H groups in total. The molecule has 0 aromatic rings. The zero-order valence-corrected chi connectivity index (χ0v) is 11.7. The van der Waals surface area contributed by atoms with E-state index in [0.29, 0.717) is 0 Å². The Balaban J connectivity index is 2.23. The zero-order valence-electron chi connectivity index (χ0n) is 11.7. The van der Waals surface area contributed by atoms with E-state index in [9.17, 15) is 0 Å². The van der Waals surface area contributed by atoms with Crippen LogP contribution in [0, 0.1) is 5.92 Å². The van der Waals surface area contributed by atoms with Crippen LogP contribution < -0.4 is 0 Å². The minimum absolute atomic E-state index is 0.841. The van der Waals surface area contributed by atoms with Gasteiger partial charge in [0.05, 0.1) is 0 Å². The molecule has 1 aliphatic heterocycles. The summed E-state index contributed by atoms with van der Waals surface area (Å²) in [5.74, 6) is 0.866. The van der Waals surface area contributed by atoms with Crippen molar-refractivity contribution in [3.8, 4) is 0 Å². The summed E-state index contributed by atoms with van der Waals surface area (Å²) in [4.78, 5) is 5.21. The van der Waals surface area contributed by atoms with Crippen molar-refractivity contribution < 1.29 is 0 Å². The molecule has 1 unspecified atom stereocenters. The SMILES string of the molecule is CCCN(C)C1CCN(CC(C)CC)CC1. The molecule has 96 valence electrons. The molecule has 0 aliphatic carbocycles. The quantitative estimate of drug-likeness (QED) is 0.687. The van der Waals surface area contributed by atoms with Crippen LogP contribution in [-0.2, 0) is 0 Å². The van der Waals surface area contributed by atoms with Crippen LogP contribution in [0.4, 0.5) is 0 Å². The van der Waals surface area contributed by atoms with Crippen molar-refractivity contribution in [2.45, 2.75) is 52.5 Å². The summed E-state index contributed by atoms with van der Waals surface area (Å²) in [6.45, 7) is 12.1. The van der Waals surface area contributed by atoms with Gasteiger partial charge in [-0.2, -0.15) is 0 Å². The number of hydrogen-bond donors (Lipinski definition) is 0. The van der Waals surface area contributed by atoms with E-state index in [2.05, 4.69) is 37.6 Å². The van der Waals surface area contributed by atoms with Gasteiger partial charge < -0.3 is 9.80 Å². The molecule has 1 heterocycles. The molecule has 1 fully saturated rings. The molecule has 0 amide bonds. The first-order valence-corrected chi connectivity index (χ1v) is 7.09. The van der Waals surface area contributed by atoms with Crippen LogP contribution in [0.15, 0.2) is 0 Å². The number of piperidine rings is 1.